The van der Waals surface area contributed by atoms with E-state index in [0.29, 0.717) is 5.02 Å². The van der Waals surface area contributed by atoms with Crippen LogP contribution >= 0.6 is 11.6 Å². The van der Waals surface area contributed by atoms with Crippen LogP contribution in [0, 0.1) is 0 Å². The van der Waals surface area contributed by atoms with Crippen LogP contribution in [0.2, 0.25) is 5.02 Å². The molecule has 20 heavy (non-hydrogen) atoms. The summed E-state index contributed by atoms with van der Waals surface area (Å²) in [5.41, 5.74) is 7.84. The van der Waals surface area contributed by atoms with E-state index < -0.39 is 0 Å². The number of anilines is 1. The minimum Gasteiger partial charge on any atom is -0.453 e. The molecule has 1 saturated heterocycles. The number of hydrogen-bond donors (Lipinski definition) is 2. The summed E-state index contributed by atoms with van der Waals surface area (Å²) in [7, 11) is 1.37. The minimum atomic E-state index is -0.387. The van der Waals surface area contributed by atoms with Crippen LogP contribution in [0.25, 0.3) is 0 Å². The van der Waals surface area contributed by atoms with E-state index >= 15 is 0 Å². The van der Waals surface area contributed by atoms with E-state index in [1.54, 1.807) is 0 Å². The predicted molar refractivity (Wildman–Crippen MR) is 80.2 cm³/mol. The molecule has 3 N–H and O–H groups in total. The molecule has 6 heteroatoms. The maximum absolute atomic E-state index is 11.2. The lowest BCUT2D eigenvalue weighted by molar-refractivity contribution is 0.167. The number of carbonyl (C=O) groups excluding carboxylic acids is 1. The Morgan fingerprint density at radius 2 is 2.35 bits per heavy atom. The lowest BCUT2D eigenvalue weighted by Gasteiger charge is -2.20. The third-order valence-corrected chi connectivity index (χ3v) is 3.86. The fraction of sp³-hybridized carbons (Fsp3) is 0.500. The summed E-state index contributed by atoms with van der Waals surface area (Å²) < 4.78 is 4.61. The molecular weight excluding hydrogens is 278 g/mol. The molecule has 1 fully saturated rings. The number of nitrogens with two attached hydrogens (primary N) is 1. The van der Waals surface area contributed by atoms with E-state index in [2.05, 4.69) is 15.0 Å². The van der Waals surface area contributed by atoms with E-state index in [9.17, 15) is 4.79 Å². The molecule has 110 valence electrons. The number of nitrogens with one attached hydrogen (secondary N) is 1. The summed E-state index contributed by atoms with van der Waals surface area (Å²) in [6.07, 6.45) is 0.504. The Balaban J connectivity index is 2.03. The number of nitrogens with zero attached hydrogens (tertiary/aromatic N) is 1. The van der Waals surface area contributed by atoms with Gasteiger partial charge in [0, 0.05) is 29.8 Å². The quantitative estimate of drug-likeness (QED) is 0.898. The van der Waals surface area contributed by atoms with Gasteiger partial charge in [-0.1, -0.05) is 17.7 Å². The van der Waals surface area contributed by atoms with E-state index in [-0.39, 0.29) is 18.2 Å². The van der Waals surface area contributed by atoms with Gasteiger partial charge in [-0.25, -0.2) is 4.79 Å². The molecule has 1 aromatic rings. The fourth-order valence-corrected chi connectivity index (χ4v) is 2.77. The van der Waals surface area contributed by atoms with Gasteiger partial charge in [0.2, 0.25) is 0 Å². The molecular formula is C14H20ClN3O2. The van der Waals surface area contributed by atoms with Gasteiger partial charge < -0.3 is 20.7 Å². The van der Waals surface area contributed by atoms with Crippen molar-refractivity contribution in [3.05, 3.63) is 28.8 Å². The van der Waals surface area contributed by atoms with E-state index in [1.165, 1.54) is 7.11 Å². The van der Waals surface area contributed by atoms with Gasteiger partial charge in [0.1, 0.15) is 0 Å². The van der Waals surface area contributed by atoms with Crippen molar-refractivity contribution < 1.29 is 9.53 Å². The Morgan fingerprint density at radius 1 is 1.60 bits per heavy atom. The number of ether oxygens (including phenoxy) is 1. The fourth-order valence-electron chi connectivity index (χ4n) is 2.42. The van der Waals surface area contributed by atoms with Crippen molar-refractivity contribution in [2.24, 2.45) is 5.73 Å². The third kappa shape index (κ3) is 3.35. The van der Waals surface area contributed by atoms with Crippen LogP contribution in [0.1, 0.15) is 24.9 Å². The Morgan fingerprint density at radius 3 is 2.95 bits per heavy atom. The molecule has 0 radical (unpaired) electrons. The summed E-state index contributed by atoms with van der Waals surface area (Å²) in [6.45, 7) is 3.54. The SMILES string of the molecule is COC(=O)NC1CCN(c2ccc(C(C)N)c(Cl)c2)C1. The number of halogens is 1. The van der Waals surface area contributed by atoms with Crippen LogP contribution in [0.5, 0.6) is 0 Å². The van der Waals surface area contributed by atoms with Crippen molar-refractivity contribution in [1.29, 1.82) is 0 Å². The molecule has 0 bridgehead atoms. The highest BCUT2D eigenvalue weighted by Gasteiger charge is 2.24. The maximum Gasteiger partial charge on any atom is 0.407 e. The zero-order chi connectivity index (χ0) is 14.7. The van der Waals surface area contributed by atoms with Gasteiger partial charge in [0.25, 0.3) is 0 Å². The molecule has 0 aliphatic carbocycles. The molecule has 2 rings (SSSR count). The third-order valence-electron chi connectivity index (χ3n) is 3.54. The average molecular weight is 298 g/mol. The molecule has 0 aromatic heterocycles. The monoisotopic (exact) mass is 297 g/mol. The van der Waals surface area contributed by atoms with Crippen LogP contribution in [0.4, 0.5) is 10.5 Å². The lowest BCUT2D eigenvalue weighted by Crippen LogP contribution is -2.36. The number of carbonyl (C=O) groups is 1. The summed E-state index contributed by atoms with van der Waals surface area (Å²) in [6, 6.07) is 5.94. The second-order valence-electron chi connectivity index (χ2n) is 5.06. The number of amides is 1. The molecule has 0 spiro atoms. The molecule has 2 unspecified atom stereocenters. The second-order valence-corrected chi connectivity index (χ2v) is 5.47. The average Bonchev–Trinajstić information content (AvgIpc) is 2.86. The molecule has 2 atom stereocenters. The van der Waals surface area contributed by atoms with Crippen LogP contribution in [0.15, 0.2) is 18.2 Å². The van der Waals surface area contributed by atoms with Crippen molar-refractivity contribution in [2.45, 2.75) is 25.4 Å². The van der Waals surface area contributed by atoms with E-state index in [1.807, 2.05) is 25.1 Å². The molecule has 0 saturated carbocycles. The largest absolute Gasteiger partial charge is 0.453 e. The first kappa shape index (κ1) is 14.9. The Kier molecular flexibility index (Phi) is 4.73. The molecule has 5 nitrogen and oxygen atoms in total. The van der Waals surface area contributed by atoms with Gasteiger partial charge in [-0.15, -0.1) is 0 Å². The molecule has 1 aliphatic rings. The first-order valence-corrected chi connectivity index (χ1v) is 7.03. The second kappa shape index (κ2) is 6.33. The maximum atomic E-state index is 11.2. The van der Waals surface area contributed by atoms with E-state index in [4.69, 9.17) is 17.3 Å². The Bertz CT molecular complexity index is 493. The van der Waals surface area contributed by atoms with Gasteiger partial charge in [-0.2, -0.15) is 0 Å². The molecule has 1 heterocycles. The lowest BCUT2D eigenvalue weighted by atomic mass is 10.1. The van der Waals surface area contributed by atoms with Gasteiger partial charge in [0.05, 0.1) is 13.2 Å². The highest BCUT2D eigenvalue weighted by Crippen LogP contribution is 2.28. The van der Waals surface area contributed by atoms with Gasteiger partial charge in [0.15, 0.2) is 0 Å². The van der Waals surface area contributed by atoms with Crippen molar-refractivity contribution in [3.8, 4) is 0 Å². The highest BCUT2D eigenvalue weighted by atomic mass is 35.5. The van der Waals surface area contributed by atoms with Crippen LogP contribution < -0.4 is 16.0 Å². The number of alkyl carbamates (subject to hydrolysis) is 1. The van der Waals surface area contributed by atoms with Gasteiger partial charge in [-0.05, 0) is 31.0 Å². The summed E-state index contributed by atoms with van der Waals surface area (Å²) >= 11 is 6.25. The Hall–Kier alpha value is -1.46. The van der Waals surface area contributed by atoms with Gasteiger partial charge >= 0.3 is 6.09 Å². The predicted octanol–water partition coefficient (Wildman–Crippen LogP) is 2.29. The van der Waals surface area contributed by atoms with Crippen LogP contribution in [0.3, 0.4) is 0 Å². The topological polar surface area (TPSA) is 67.6 Å². The van der Waals surface area contributed by atoms with Crippen molar-refractivity contribution in [2.75, 3.05) is 25.1 Å². The zero-order valence-electron chi connectivity index (χ0n) is 11.7. The first-order valence-electron chi connectivity index (χ1n) is 6.65. The number of hydrogen-bond acceptors (Lipinski definition) is 4. The molecule has 1 aliphatic heterocycles. The molecule has 1 aromatic carbocycles. The number of benzene rings is 1. The number of rotatable bonds is 3. The van der Waals surface area contributed by atoms with Crippen LogP contribution in [-0.4, -0.2) is 32.3 Å². The van der Waals surface area contributed by atoms with E-state index in [0.717, 1.165) is 30.8 Å². The van der Waals surface area contributed by atoms with Crippen molar-refractivity contribution in [1.82, 2.24) is 5.32 Å². The number of methoxy groups -OCH3 is 1. The summed E-state index contributed by atoms with van der Waals surface area (Å²) in [5.74, 6) is 0. The summed E-state index contributed by atoms with van der Waals surface area (Å²) in [5, 5.41) is 3.50. The smallest absolute Gasteiger partial charge is 0.407 e. The zero-order valence-corrected chi connectivity index (χ0v) is 12.5. The Labute approximate surface area is 124 Å². The normalized spacial score (nSPS) is 19.8. The summed E-state index contributed by atoms with van der Waals surface area (Å²) in [4.78, 5) is 13.4. The highest BCUT2D eigenvalue weighted by molar-refractivity contribution is 6.31. The standard InChI is InChI=1S/C14H20ClN3O2/c1-9(16)12-4-3-11(7-13(12)15)18-6-5-10(8-18)17-14(19)20-2/h3-4,7,9-10H,5-6,8,16H2,1-2H3,(H,17,19). The minimum absolute atomic E-state index is 0.0798. The van der Waals surface area contributed by atoms with Gasteiger partial charge in [-0.3, -0.25) is 0 Å². The molecule has 1 amide bonds. The van der Waals surface area contributed by atoms with Crippen molar-refractivity contribution >= 4 is 23.4 Å². The first-order chi connectivity index (χ1) is 9.51. The van der Waals surface area contributed by atoms with Crippen molar-refractivity contribution in [3.63, 3.8) is 0 Å². The van der Waals surface area contributed by atoms with Crippen LogP contribution in [-0.2, 0) is 4.74 Å².